The third kappa shape index (κ3) is 2.16. The van der Waals surface area contributed by atoms with Crippen LogP contribution in [0.1, 0.15) is 5.69 Å². The van der Waals surface area contributed by atoms with Gasteiger partial charge in [0.25, 0.3) is 0 Å². The summed E-state index contributed by atoms with van der Waals surface area (Å²) in [5.74, 6) is -0.404. The number of imidazole rings is 1. The molecule has 3 rings (SSSR count). The van der Waals surface area contributed by atoms with Gasteiger partial charge in [-0.3, -0.25) is 4.40 Å². The fourth-order valence-corrected chi connectivity index (χ4v) is 2.61. The molecule has 0 amide bonds. The summed E-state index contributed by atoms with van der Waals surface area (Å²) < 4.78 is 14.8. The van der Waals surface area contributed by atoms with Crippen LogP contribution in [-0.2, 0) is 6.61 Å². The van der Waals surface area contributed by atoms with E-state index in [0.717, 1.165) is 0 Å². The minimum atomic E-state index is -0.404. The minimum Gasteiger partial charge on any atom is -0.390 e. The first-order valence-electron chi connectivity index (χ1n) is 5.83. The van der Waals surface area contributed by atoms with Crippen molar-refractivity contribution in [3.05, 3.63) is 58.1 Å². The summed E-state index contributed by atoms with van der Waals surface area (Å²) in [5.41, 5.74) is 2.17. The second-order valence-corrected chi connectivity index (χ2v) is 5.11. The highest BCUT2D eigenvalue weighted by Crippen LogP contribution is 2.32. The smallest absolute Gasteiger partial charge is 0.139 e. The van der Waals surface area contributed by atoms with Crippen molar-refractivity contribution in [3.8, 4) is 11.3 Å². The van der Waals surface area contributed by atoms with Crippen LogP contribution in [0.25, 0.3) is 16.9 Å². The fraction of sp³-hybridized carbons (Fsp3) is 0.0714. The van der Waals surface area contributed by atoms with Gasteiger partial charge in [-0.05, 0) is 30.3 Å². The second-order valence-electron chi connectivity index (χ2n) is 4.26. The summed E-state index contributed by atoms with van der Waals surface area (Å²) in [6.07, 6.45) is 1.28. The number of pyridine rings is 1. The molecule has 0 unspecified atom stereocenters. The number of aromatic nitrogens is 2. The van der Waals surface area contributed by atoms with Gasteiger partial charge >= 0.3 is 0 Å². The first-order chi connectivity index (χ1) is 9.60. The van der Waals surface area contributed by atoms with Gasteiger partial charge in [0.15, 0.2) is 0 Å². The molecule has 0 spiro atoms. The van der Waals surface area contributed by atoms with Crippen LogP contribution in [0, 0.1) is 5.82 Å². The lowest BCUT2D eigenvalue weighted by molar-refractivity contribution is 0.276. The van der Waals surface area contributed by atoms with E-state index in [1.807, 2.05) is 0 Å². The standard InChI is InChI=1S/C14H9Cl2FN2O/c15-8-1-3-10(11(16)5-8)14-12(7-20)19-6-9(17)2-4-13(19)18-14/h1-6,20H,7H2. The molecule has 2 heterocycles. The number of aliphatic hydroxyl groups is 1. The molecular formula is C14H9Cl2FN2O. The average Bonchev–Trinajstić information content (AvgIpc) is 2.76. The molecule has 102 valence electrons. The van der Waals surface area contributed by atoms with Crippen LogP contribution in [0.5, 0.6) is 0 Å². The van der Waals surface area contributed by atoms with Gasteiger partial charge in [0, 0.05) is 16.8 Å². The summed E-state index contributed by atoms with van der Waals surface area (Å²) in [7, 11) is 0. The normalized spacial score (nSPS) is 11.2. The van der Waals surface area contributed by atoms with Gasteiger partial charge in [-0.25, -0.2) is 9.37 Å². The third-order valence-electron chi connectivity index (χ3n) is 3.02. The Morgan fingerprint density at radius 3 is 2.70 bits per heavy atom. The Labute approximate surface area is 124 Å². The predicted molar refractivity (Wildman–Crippen MR) is 76.5 cm³/mol. The molecule has 0 bridgehead atoms. The van der Waals surface area contributed by atoms with Crippen molar-refractivity contribution in [2.75, 3.05) is 0 Å². The molecule has 6 heteroatoms. The van der Waals surface area contributed by atoms with E-state index in [9.17, 15) is 9.50 Å². The number of hydrogen-bond donors (Lipinski definition) is 1. The molecule has 20 heavy (non-hydrogen) atoms. The lowest BCUT2D eigenvalue weighted by atomic mass is 10.1. The van der Waals surface area contributed by atoms with Crippen LogP contribution in [0.2, 0.25) is 10.0 Å². The molecule has 3 nitrogen and oxygen atoms in total. The maximum Gasteiger partial charge on any atom is 0.139 e. The van der Waals surface area contributed by atoms with Crippen molar-refractivity contribution >= 4 is 28.8 Å². The van der Waals surface area contributed by atoms with E-state index in [-0.39, 0.29) is 6.61 Å². The van der Waals surface area contributed by atoms with Gasteiger partial charge in [0.05, 0.1) is 23.0 Å². The quantitative estimate of drug-likeness (QED) is 0.778. The highest BCUT2D eigenvalue weighted by Gasteiger charge is 2.16. The zero-order chi connectivity index (χ0) is 14.3. The van der Waals surface area contributed by atoms with Gasteiger partial charge in [0.1, 0.15) is 11.5 Å². The van der Waals surface area contributed by atoms with Gasteiger partial charge in [0.2, 0.25) is 0 Å². The van der Waals surface area contributed by atoms with E-state index in [1.54, 1.807) is 24.3 Å². The summed E-state index contributed by atoms with van der Waals surface area (Å²) in [6.45, 7) is -0.279. The molecule has 0 radical (unpaired) electrons. The van der Waals surface area contributed by atoms with E-state index in [4.69, 9.17) is 23.2 Å². The zero-order valence-electron chi connectivity index (χ0n) is 10.1. The number of rotatable bonds is 2. The van der Waals surface area contributed by atoms with Crippen molar-refractivity contribution < 1.29 is 9.50 Å². The average molecular weight is 311 g/mol. The largest absolute Gasteiger partial charge is 0.390 e. The molecule has 2 aromatic heterocycles. The lowest BCUT2D eigenvalue weighted by Crippen LogP contribution is -1.95. The molecule has 3 aromatic rings. The van der Waals surface area contributed by atoms with E-state index >= 15 is 0 Å². The summed E-state index contributed by atoms with van der Waals surface area (Å²) in [4.78, 5) is 4.39. The SMILES string of the molecule is OCc1c(-c2ccc(Cl)cc2Cl)nc2ccc(F)cn12. The van der Waals surface area contributed by atoms with Crippen LogP contribution >= 0.6 is 23.2 Å². The highest BCUT2D eigenvalue weighted by atomic mass is 35.5. The second kappa shape index (κ2) is 5.05. The van der Waals surface area contributed by atoms with Crippen LogP contribution in [-0.4, -0.2) is 14.5 Å². The molecule has 1 N–H and O–H groups in total. The van der Waals surface area contributed by atoms with Crippen molar-refractivity contribution in [2.24, 2.45) is 0 Å². The van der Waals surface area contributed by atoms with Crippen molar-refractivity contribution in [3.63, 3.8) is 0 Å². The Bertz CT molecular complexity index is 801. The number of benzene rings is 1. The van der Waals surface area contributed by atoms with E-state index < -0.39 is 5.82 Å². The molecular weight excluding hydrogens is 302 g/mol. The first kappa shape index (κ1) is 13.4. The van der Waals surface area contributed by atoms with Crippen molar-refractivity contribution in [2.45, 2.75) is 6.61 Å². The Kier molecular flexibility index (Phi) is 3.38. The molecule has 0 aliphatic rings. The monoisotopic (exact) mass is 310 g/mol. The van der Waals surface area contributed by atoms with Crippen molar-refractivity contribution in [1.82, 2.24) is 9.38 Å². The maximum atomic E-state index is 13.3. The van der Waals surface area contributed by atoms with Crippen LogP contribution in [0.3, 0.4) is 0 Å². The van der Waals surface area contributed by atoms with E-state index in [1.165, 1.54) is 16.7 Å². The van der Waals surface area contributed by atoms with E-state index in [2.05, 4.69) is 4.98 Å². The zero-order valence-corrected chi connectivity index (χ0v) is 11.7. The van der Waals surface area contributed by atoms with Crippen LogP contribution in [0.4, 0.5) is 4.39 Å². The molecule has 0 atom stereocenters. The molecule has 0 fully saturated rings. The van der Waals surface area contributed by atoms with Gasteiger partial charge in [-0.2, -0.15) is 0 Å². The maximum absolute atomic E-state index is 13.3. The number of aliphatic hydroxyl groups excluding tert-OH is 1. The Balaban J connectivity index is 2.30. The van der Waals surface area contributed by atoms with Crippen LogP contribution < -0.4 is 0 Å². The number of hydrogen-bond acceptors (Lipinski definition) is 2. The summed E-state index contributed by atoms with van der Waals surface area (Å²) >= 11 is 12.0. The fourth-order valence-electron chi connectivity index (χ4n) is 2.12. The third-order valence-corrected chi connectivity index (χ3v) is 3.57. The Morgan fingerprint density at radius 1 is 1.20 bits per heavy atom. The lowest BCUT2D eigenvalue weighted by Gasteiger charge is -2.04. The first-order valence-corrected chi connectivity index (χ1v) is 6.58. The molecule has 1 aromatic carbocycles. The minimum absolute atomic E-state index is 0.279. The highest BCUT2D eigenvalue weighted by molar-refractivity contribution is 6.36. The van der Waals surface area contributed by atoms with Crippen molar-refractivity contribution in [1.29, 1.82) is 0 Å². The Hall–Kier alpha value is -1.62. The van der Waals surface area contributed by atoms with Gasteiger partial charge in [-0.1, -0.05) is 23.2 Å². The predicted octanol–water partition coefficient (Wildman–Crippen LogP) is 3.94. The Morgan fingerprint density at radius 2 is 2.00 bits per heavy atom. The number of nitrogens with zero attached hydrogens (tertiary/aromatic N) is 2. The molecule has 0 saturated heterocycles. The summed E-state index contributed by atoms with van der Waals surface area (Å²) in [6, 6.07) is 7.87. The molecule has 0 aliphatic heterocycles. The molecule has 0 saturated carbocycles. The number of halogens is 3. The van der Waals surface area contributed by atoms with Gasteiger partial charge < -0.3 is 5.11 Å². The summed E-state index contributed by atoms with van der Waals surface area (Å²) in [5, 5.41) is 10.5. The van der Waals surface area contributed by atoms with Gasteiger partial charge in [-0.15, -0.1) is 0 Å². The van der Waals surface area contributed by atoms with E-state index in [0.29, 0.717) is 32.6 Å². The molecule has 0 aliphatic carbocycles. The number of fused-ring (bicyclic) bond motifs is 1. The van der Waals surface area contributed by atoms with Crippen LogP contribution in [0.15, 0.2) is 36.5 Å². The topological polar surface area (TPSA) is 37.5 Å².